The minimum atomic E-state index is 0.365. The second-order valence-electron chi connectivity index (χ2n) is 10.8. The summed E-state index contributed by atoms with van der Waals surface area (Å²) in [6.45, 7) is 9.13. The van der Waals surface area contributed by atoms with E-state index in [2.05, 4.69) is 117 Å². The summed E-state index contributed by atoms with van der Waals surface area (Å²) < 4.78 is 8.58. The summed E-state index contributed by atoms with van der Waals surface area (Å²) in [5, 5.41) is 4.68. The zero-order chi connectivity index (χ0) is 26.0. The number of benzene rings is 5. The first-order valence-corrected chi connectivity index (χ1v) is 13.5. The average molecular weight is 495 g/mol. The molecule has 0 atom stereocenters. The van der Waals surface area contributed by atoms with Crippen molar-refractivity contribution in [2.75, 3.05) is 0 Å². The monoisotopic (exact) mass is 494 g/mol. The number of para-hydroxylation sites is 2. The number of aromatic nitrogens is 2. The predicted octanol–water partition coefficient (Wildman–Crippen LogP) is 9.99. The molecule has 0 bridgehead atoms. The molecular formula is C35H30N2O. The van der Waals surface area contributed by atoms with Gasteiger partial charge in [-0.3, -0.25) is 4.57 Å². The van der Waals surface area contributed by atoms with E-state index in [9.17, 15) is 0 Å². The summed E-state index contributed by atoms with van der Waals surface area (Å²) in [4.78, 5) is 5.31. The molecule has 5 aromatic carbocycles. The number of nitrogens with zero attached hydrogens (tertiary/aromatic N) is 2. The standard InChI is InChI=1S/C35H30N2O/c1-21(2)25-13-9-14-26(22(3)4)33(25)37-34-27-11-6-5-10-23(27)16-18-30(34)36-35(37)24-17-19-32-29(20-24)28-12-7-8-15-31(28)38-32/h5-22H,1-4H3. The maximum absolute atomic E-state index is 6.15. The summed E-state index contributed by atoms with van der Waals surface area (Å²) in [6, 6.07) is 34.5. The van der Waals surface area contributed by atoms with Gasteiger partial charge in [-0.15, -0.1) is 0 Å². The minimum Gasteiger partial charge on any atom is -0.456 e. The van der Waals surface area contributed by atoms with E-state index in [4.69, 9.17) is 9.40 Å². The van der Waals surface area contributed by atoms with Crippen molar-refractivity contribution in [3.05, 3.63) is 108 Å². The molecule has 0 saturated heterocycles. The van der Waals surface area contributed by atoms with Crippen LogP contribution >= 0.6 is 0 Å². The molecule has 0 aliphatic carbocycles. The van der Waals surface area contributed by atoms with Crippen molar-refractivity contribution in [1.82, 2.24) is 9.55 Å². The maximum atomic E-state index is 6.15. The van der Waals surface area contributed by atoms with Crippen LogP contribution in [0.3, 0.4) is 0 Å². The quantitative estimate of drug-likeness (QED) is 0.244. The Morgan fingerprint density at radius 3 is 2.08 bits per heavy atom. The van der Waals surface area contributed by atoms with Crippen LogP contribution in [0.4, 0.5) is 0 Å². The van der Waals surface area contributed by atoms with Crippen LogP contribution in [0.25, 0.3) is 60.8 Å². The predicted molar refractivity (Wildman–Crippen MR) is 159 cm³/mol. The number of fused-ring (bicyclic) bond motifs is 6. The first kappa shape index (κ1) is 22.8. The van der Waals surface area contributed by atoms with Crippen molar-refractivity contribution in [2.45, 2.75) is 39.5 Å². The molecule has 0 radical (unpaired) electrons. The zero-order valence-electron chi connectivity index (χ0n) is 22.2. The number of rotatable bonds is 4. The molecule has 3 heteroatoms. The van der Waals surface area contributed by atoms with Crippen molar-refractivity contribution in [3.8, 4) is 17.1 Å². The highest BCUT2D eigenvalue weighted by atomic mass is 16.3. The second kappa shape index (κ2) is 8.59. The molecule has 0 aliphatic heterocycles. The van der Waals surface area contributed by atoms with Gasteiger partial charge in [-0.1, -0.05) is 94.4 Å². The van der Waals surface area contributed by atoms with Gasteiger partial charge in [-0.2, -0.15) is 0 Å². The van der Waals surface area contributed by atoms with Crippen LogP contribution < -0.4 is 0 Å². The van der Waals surface area contributed by atoms with Crippen molar-refractivity contribution in [1.29, 1.82) is 0 Å². The first-order chi connectivity index (χ1) is 18.5. The first-order valence-electron chi connectivity index (χ1n) is 13.5. The van der Waals surface area contributed by atoms with Gasteiger partial charge < -0.3 is 4.42 Å². The Morgan fingerprint density at radius 2 is 1.32 bits per heavy atom. The number of furan rings is 1. The fourth-order valence-corrected chi connectivity index (χ4v) is 5.89. The summed E-state index contributed by atoms with van der Waals surface area (Å²) in [5.74, 6) is 1.69. The number of hydrogen-bond acceptors (Lipinski definition) is 2. The molecule has 2 aromatic heterocycles. The Kier molecular flexibility index (Phi) is 5.16. The topological polar surface area (TPSA) is 31.0 Å². The third-order valence-electron chi connectivity index (χ3n) is 7.74. The summed E-state index contributed by atoms with van der Waals surface area (Å²) >= 11 is 0. The lowest BCUT2D eigenvalue weighted by Crippen LogP contribution is -2.08. The highest BCUT2D eigenvalue weighted by Gasteiger charge is 2.23. The Morgan fingerprint density at radius 1 is 0.632 bits per heavy atom. The SMILES string of the molecule is CC(C)c1cccc(C(C)C)c1-n1c(-c2ccc3oc4ccccc4c3c2)nc2ccc3ccccc3c21. The van der Waals surface area contributed by atoms with E-state index in [0.29, 0.717) is 11.8 Å². The van der Waals surface area contributed by atoms with E-state index in [0.717, 1.165) is 44.4 Å². The molecule has 0 saturated carbocycles. The zero-order valence-corrected chi connectivity index (χ0v) is 22.2. The van der Waals surface area contributed by atoms with Crippen LogP contribution in [0.1, 0.15) is 50.7 Å². The fourth-order valence-electron chi connectivity index (χ4n) is 5.89. The Hall–Kier alpha value is -4.37. The molecule has 0 fully saturated rings. The van der Waals surface area contributed by atoms with Crippen LogP contribution in [-0.4, -0.2) is 9.55 Å². The van der Waals surface area contributed by atoms with Crippen molar-refractivity contribution < 1.29 is 4.42 Å². The van der Waals surface area contributed by atoms with E-state index in [-0.39, 0.29) is 0 Å². The lowest BCUT2D eigenvalue weighted by molar-refractivity contribution is 0.669. The van der Waals surface area contributed by atoms with Gasteiger partial charge in [0.25, 0.3) is 0 Å². The second-order valence-corrected chi connectivity index (χ2v) is 10.8. The van der Waals surface area contributed by atoms with Gasteiger partial charge in [0.2, 0.25) is 0 Å². The molecule has 0 aliphatic rings. The summed E-state index contributed by atoms with van der Waals surface area (Å²) in [7, 11) is 0. The van der Waals surface area contributed by atoms with Crippen LogP contribution in [-0.2, 0) is 0 Å². The van der Waals surface area contributed by atoms with Crippen molar-refractivity contribution in [2.24, 2.45) is 0 Å². The molecule has 38 heavy (non-hydrogen) atoms. The van der Waals surface area contributed by atoms with E-state index >= 15 is 0 Å². The smallest absolute Gasteiger partial charge is 0.145 e. The molecule has 0 amide bonds. The van der Waals surface area contributed by atoms with Gasteiger partial charge >= 0.3 is 0 Å². The van der Waals surface area contributed by atoms with E-state index < -0.39 is 0 Å². The van der Waals surface area contributed by atoms with Gasteiger partial charge in [0.15, 0.2) is 0 Å². The van der Waals surface area contributed by atoms with E-state index in [1.165, 1.54) is 27.6 Å². The Labute approximate surface area is 222 Å². The average Bonchev–Trinajstić information content (AvgIpc) is 3.51. The lowest BCUT2D eigenvalue weighted by atomic mass is 9.92. The van der Waals surface area contributed by atoms with Gasteiger partial charge in [-0.25, -0.2) is 4.98 Å². The Bertz CT molecular complexity index is 1960. The van der Waals surface area contributed by atoms with Crippen molar-refractivity contribution >= 4 is 43.7 Å². The molecule has 2 heterocycles. The third kappa shape index (κ3) is 3.39. The molecule has 0 spiro atoms. The van der Waals surface area contributed by atoms with Crippen LogP contribution in [0.5, 0.6) is 0 Å². The van der Waals surface area contributed by atoms with E-state index in [1.807, 2.05) is 12.1 Å². The van der Waals surface area contributed by atoms with Gasteiger partial charge in [-0.05, 0) is 58.7 Å². The molecular weight excluding hydrogens is 464 g/mol. The fraction of sp³-hybridized carbons (Fsp3) is 0.171. The summed E-state index contributed by atoms with van der Waals surface area (Å²) in [6.07, 6.45) is 0. The highest BCUT2D eigenvalue weighted by Crippen LogP contribution is 2.40. The van der Waals surface area contributed by atoms with Gasteiger partial charge in [0, 0.05) is 21.7 Å². The van der Waals surface area contributed by atoms with Gasteiger partial charge in [0.1, 0.15) is 17.0 Å². The lowest BCUT2D eigenvalue weighted by Gasteiger charge is -2.23. The van der Waals surface area contributed by atoms with Crippen LogP contribution in [0.15, 0.2) is 101 Å². The van der Waals surface area contributed by atoms with Crippen LogP contribution in [0.2, 0.25) is 0 Å². The number of imidazole rings is 1. The van der Waals surface area contributed by atoms with E-state index in [1.54, 1.807) is 0 Å². The largest absolute Gasteiger partial charge is 0.456 e. The highest BCUT2D eigenvalue weighted by molar-refractivity contribution is 6.08. The molecule has 7 aromatic rings. The minimum absolute atomic E-state index is 0.365. The molecule has 7 rings (SSSR count). The van der Waals surface area contributed by atoms with Crippen molar-refractivity contribution in [3.63, 3.8) is 0 Å². The summed E-state index contributed by atoms with van der Waals surface area (Å²) in [5.41, 5.74) is 8.97. The maximum Gasteiger partial charge on any atom is 0.145 e. The molecule has 186 valence electrons. The number of hydrogen-bond donors (Lipinski definition) is 0. The van der Waals surface area contributed by atoms with Crippen LogP contribution in [0, 0.1) is 0 Å². The normalized spacial score (nSPS) is 12.2. The third-order valence-corrected chi connectivity index (χ3v) is 7.74. The Balaban J connectivity index is 1.65. The van der Waals surface area contributed by atoms with Gasteiger partial charge in [0.05, 0.1) is 16.7 Å². The molecule has 3 nitrogen and oxygen atoms in total. The molecule has 0 unspecified atom stereocenters. The molecule has 0 N–H and O–H groups in total.